The fourth-order valence-corrected chi connectivity index (χ4v) is 1.96. The predicted octanol–water partition coefficient (Wildman–Crippen LogP) is 1.16. The predicted molar refractivity (Wildman–Crippen MR) is 66.0 cm³/mol. The van der Waals surface area contributed by atoms with E-state index in [-0.39, 0.29) is 17.9 Å². The van der Waals surface area contributed by atoms with Crippen molar-refractivity contribution in [2.24, 2.45) is 0 Å². The molecule has 0 saturated heterocycles. The van der Waals surface area contributed by atoms with E-state index in [0.717, 1.165) is 0 Å². The molecule has 2 amide bonds. The number of amides is 2. The van der Waals surface area contributed by atoms with Crippen molar-refractivity contribution in [1.29, 1.82) is 0 Å². The van der Waals surface area contributed by atoms with E-state index < -0.39 is 0 Å². The van der Waals surface area contributed by atoms with Crippen molar-refractivity contribution in [3.05, 3.63) is 35.4 Å². The number of nitrogens with zero attached hydrogens (tertiary/aromatic N) is 2. The third kappa shape index (κ3) is 2.02. The Bertz CT molecular complexity index is 452. The van der Waals surface area contributed by atoms with Crippen LogP contribution in [0.5, 0.6) is 0 Å². The molecule has 5 nitrogen and oxygen atoms in total. The Kier molecular flexibility index (Phi) is 3.45. The summed E-state index contributed by atoms with van der Waals surface area (Å²) in [6.45, 7) is 2.21. The highest BCUT2D eigenvalue weighted by Crippen LogP contribution is 2.22. The van der Waals surface area contributed by atoms with Crippen LogP contribution in [0.15, 0.2) is 24.3 Å². The second kappa shape index (κ2) is 4.88. The Morgan fingerprint density at radius 2 is 1.72 bits per heavy atom. The number of hydrogen-bond donors (Lipinski definition) is 0. The second-order valence-electron chi connectivity index (χ2n) is 4.34. The van der Waals surface area contributed by atoms with Crippen LogP contribution < -0.4 is 0 Å². The largest absolute Gasteiger partial charge is 0.302 e. The van der Waals surface area contributed by atoms with Crippen LogP contribution in [0.25, 0.3) is 0 Å². The van der Waals surface area contributed by atoms with E-state index in [1.807, 2.05) is 6.92 Å². The number of carbonyl (C=O) groups is 2. The van der Waals surface area contributed by atoms with Crippen LogP contribution in [0.1, 0.15) is 27.6 Å². The number of rotatable bonds is 4. The van der Waals surface area contributed by atoms with Gasteiger partial charge in [-0.3, -0.25) is 14.5 Å². The number of carbonyl (C=O) groups excluding carboxylic acids is 2. The van der Waals surface area contributed by atoms with E-state index >= 15 is 0 Å². The summed E-state index contributed by atoms with van der Waals surface area (Å²) in [5, 5.41) is 1.61. The van der Waals surface area contributed by atoms with Crippen molar-refractivity contribution in [3.8, 4) is 0 Å². The Balaban J connectivity index is 2.19. The van der Waals surface area contributed by atoms with Gasteiger partial charge in [0, 0.05) is 13.6 Å². The van der Waals surface area contributed by atoms with Gasteiger partial charge in [0.2, 0.25) is 0 Å². The van der Waals surface area contributed by atoms with E-state index in [4.69, 9.17) is 4.84 Å². The number of benzene rings is 1. The van der Waals surface area contributed by atoms with Gasteiger partial charge in [-0.1, -0.05) is 12.1 Å². The molecule has 0 aliphatic carbocycles. The molecule has 1 aromatic carbocycles. The van der Waals surface area contributed by atoms with Crippen molar-refractivity contribution in [2.45, 2.75) is 13.0 Å². The zero-order valence-corrected chi connectivity index (χ0v) is 10.7. The third-order valence-electron chi connectivity index (χ3n) is 3.23. The fourth-order valence-electron chi connectivity index (χ4n) is 1.96. The highest BCUT2D eigenvalue weighted by atomic mass is 16.7. The molecule has 1 aliphatic rings. The highest BCUT2D eigenvalue weighted by Gasteiger charge is 2.36. The molecule has 5 heteroatoms. The maximum absolute atomic E-state index is 12.1. The zero-order chi connectivity index (χ0) is 13.3. The molecule has 1 atom stereocenters. The summed E-state index contributed by atoms with van der Waals surface area (Å²) in [4.78, 5) is 30.5. The van der Waals surface area contributed by atoms with Gasteiger partial charge in [-0.05, 0) is 19.1 Å². The van der Waals surface area contributed by atoms with Gasteiger partial charge >= 0.3 is 0 Å². The molecular formula is C13H16N2O3. The van der Waals surface area contributed by atoms with Crippen LogP contribution >= 0.6 is 0 Å². The molecule has 0 bridgehead atoms. The van der Waals surface area contributed by atoms with Crippen molar-refractivity contribution in [3.63, 3.8) is 0 Å². The number of imide groups is 1. The summed E-state index contributed by atoms with van der Waals surface area (Å²) < 4.78 is 0. The molecule has 0 saturated carbocycles. The fraction of sp³-hybridized carbons (Fsp3) is 0.385. The molecule has 0 radical (unpaired) electrons. The van der Waals surface area contributed by atoms with Crippen molar-refractivity contribution in [2.75, 3.05) is 20.7 Å². The molecule has 1 aromatic rings. The lowest BCUT2D eigenvalue weighted by Gasteiger charge is -2.25. The average molecular weight is 248 g/mol. The maximum Gasteiger partial charge on any atom is 0.261 e. The topological polar surface area (TPSA) is 49.9 Å². The lowest BCUT2D eigenvalue weighted by Crippen LogP contribution is -2.42. The smallest absolute Gasteiger partial charge is 0.261 e. The van der Waals surface area contributed by atoms with E-state index in [0.29, 0.717) is 17.7 Å². The monoisotopic (exact) mass is 248 g/mol. The van der Waals surface area contributed by atoms with Gasteiger partial charge in [0.05, 0.1) is 24.3 Å². The molecule has 0 aromatic heterocycles. The second-order valence-corrected chi connectivity index (χ2v) is 4.34. The first-order valence-electron chi connectivity index (χ1n) is 5.78. The van der Waals surface area contributed by atoms with Gasteiger partial charge in [0.1, 0.15) is 0 Å². The maximum atomic E-state index is 12.1. The van der Waals surface area contributed by atoms with Crippen LogP contribution in [0.3, 0.4) is 0 Å². The van der Waals surface area contributed by atoms with Crippen molar-refractivity contribution >= 4 is 11.8 Å². The zero-order valence-electron chi connectivity index (χ0n) is 10.7. The van der Waals surface area contributed by atoms with Crippen molar-refractivity contribution < 1.29 is 14.4 Å². The van der Waals surface area contributed by atoms with Crippen LogP contribution in [-0.4, -0.2) is 48.5 Å². The number of hydrogen-bond acceptors (Lipinski definition) is 4. The van der Waals surface area contributed by atoms with Gasteiger partial charge in [-0.2, -0.15) is 5.06 Å². The quantitative estimate of drug-likeness (QED) is 0.592. The molecule has 1 heterocycles. The number of hydroxylamine groups is 2. The molecule has 0 spiro atoms. The Hall–Kier alpha value is -1.72. The van der Waals surface area contributed by atoms with Crippen molar-refractivity contribution in [1.82, 2.24) is 9.96 Å². The normalized spacial score (nSPS) is 16.3. The average Bonchev–Trinajstić information content (AvgIpc) is 2.63. The standard InChI is InChI=1S/C13H16N2O3/c1-9(14(2)18-3)8-15-12(16)10-6-4-5-7-11(10)13(15)17/h4-7,9H,8H2,1-3H3. The minimum absolute atomic E-state index is 0.0581. The van der Waals surface area contributed by atoms with E-state index in [1.165, 1.54) is 4.90 Å². The minimum atomic E-state index is -0.230. The summed E-state index contributed by atoms with van der Waals surface area (Å²) in [7, 11) is 3.32. The molecule has 2 rings (SSSR count). The lowest BCUT2D eigenvalue weighted by atomic mass is 10.1. The van der Waals surface area contributed by atoms with E-state index in [9.17, 15) is 9.59 Å². The van der Waals surface area contributed by atoms with E-state index in [2.05, 4.69) is 0 Å². The number of likely N-dealkylation sites (N-methyl/N-ethyl adjacent to an activating group) is 1. The summed E-state index contributed by atoms with van der Waals surface area (Å²) in [6.07, 6.45) is 0. The van der Waals surface area contributed by atoms with Gasteiger partial charge < -0.3 is 4.84 Å². The first-order chi connectivity index (χ1) is 8.56. The van der Waals surface area contributed by atoms with Gasteiger partial charge in [0.15, 0.2) is 0 Å². The highest BCUT2D eigenvalue weighted by molar-refractivity contribution is 6.21. The Labute approximate surface area is 106 Å². The van der Waals surface area contributed by atoms with Crippen LogP contribution in [0.4, 0.5) is 0 Å². The minimum Gasteiger partial charge on any atom is -0.302 e. The van der Waals surface area contributed by atoms with Gasteiger partial charge in [-0.25, -0.2) is 0 Å². The molecule has 18 heavy (non-hydrogen) atoms. The summed E-state index contributed by atoms with van der Waals surface area (Å²) in [5.74, 6) is -0.459. The molecule has 0 N–H and O–H groups in total. The number of fused-ring (bicyclic) bond motifs is 1. The van der Waals surface area contributed by atoms with E-state index in [1.54, 1.807) is 43.5 Å². The lowest BCUT2D eigenvalue weighted by molar-refractivity contribution is -0.138. The molecular weight excluding hydrogens is 232 g/mol. The Morgan fingerprint density at radius 1 is 1.22 bits per heavy atom. The Morgan fingerprint density at radius 3 is 2.17 bits per heavy atom. The van der Waals surface area contributed by atoms with Gasteiger partial charge in [-0.15, -0.1) is 0 Å². The summed E-state index contributed by atoms with van der Waals surface area (Å²) in [5.41, 5.74) is 0.963. The van der Waals surface area contributed by atoms with Gasteiger partial charge in [0.25, 0.3) is 11.8 Å². The molecule has 1 aliphatic heterocycles. The molecule has 96 valence electrons. The van der Waals surface area contributed by atoms with Crippen LogP contribution in [-0.2, 0) is 4.84 Å². The SMILES string of the molecule is CON(C)C(C)CN1C(=O)c2ccccc2C1=O. The van der Waals surface area contributed by atoms with Crippen LogP contribution in [0, 0.1) is 0 Å². The van der Waals surface area contributed by atoms with Crippen LogP contribution in [0.2, 0.25) is 0 Å². The first kappa shape index (κ1) is 12.7. The third-order valence-corrected chi connectivity index (χ3v) is 3.23. The summed E-state index contributed by atoms with van der Waals surface area (Å²) in [6, 6.07) is 6.83. The summed E-state index contributed by atoms with van der Waals surface area (Å²) >= 11 is 0. The molecule has 0 fully saturated rings. The first-order valence-corrected chi connectivity index (χ1v) is 5.78. The molecule has 1 unspecified atom stereocenters.